The Morgan fingerprint density at radius 3 is 2.42 bits per heavy atom. The summed E-state index contributed by atoms with van der Waals surface area (Å²) in [6.45, 7) is 0.210. The highest BCUT2D eigenvalue weighted by Crippen LogP contribution is 2.25. The molecule has 0 radical (unpaired) electrons. The first-order valence-electron chi connectivity index (χ1n) is 5.34. The average Bonchev–Trinajstić information content (AvgIpc) is 2.37. The fourth-order valence-electron chi connectivity index (χ4n) is 1.34. The molecule has 0 fully saturated rings. The van der Waals surface area contributed by atoms with Gasteiger partial charge in [0, 0.05) is 18.3 Å². The molecule has 0 saturated carbocycles. The Bertz CT molecular complexity index is 528. The van der Waals surface area contributed by atoms with Crippen molar-refractivity contribution < 1.29 is 17.9 Å². The predicted octanol–water partition coefficient (Wildman–Crippen LogP) is 0.187. The fourth-order valence-corrected chi connectivity index (χ4v) is 2.97. The maximum atomic E-state index is 11.5. The van der Waals surface area contributed by atoms with Crippen molar-refractivity contribution in [1.29, 1.82) is 0 Å². The number of hydrogen-bond acceptors (Lipinski definition) is 6. The molecule has 1 amide bonds. The summed E-state index contributed by atoms with van der Waals surface area (Å²) in [6.07, 6.45) is 1.14. The van der Waals surface area contributed by atoms with E-state index in [4.69, 9.17) is 10.6 Å². The normalized spacial score (nSPS) is 13.0. The van der Waals surface area contributed by atoms with Gasteiger partial charge in [-0.05, 0) is 24.3 Å². The number of hydrazine groups is 1. The van der Waals surface area contributed by atoms with E-state index in [2.05, 4.69) is 5.43 Å². The smallest absolute Gasteiger partial charge is 0.249 e. The van der Waals surface area contributed by atoms with Gasteiger partial charge >= 0.3 is 0 Å². The molecule has 3 N–H and O–H groups in total. The SMILES string of the molecule is COCC(Sc1ccc(S(C)(=O)=O)cc1)C(=O)NN. The van der Waals surface area contributed by atoms with Gasteiger partial charge in [0.15, 0.2) is 9.84 Å². The molecule has 1 unspecified atom stereocenters. The number of nitrogens with one attached hydrogen (secondary N) is 1. The third-order valence-corrected chi connectivity index (χ3v) is 4.59. The van der Waals surface area contributed by atoms with Gasteiger partial charge in [-0.3, -0.25) is 10.2 Å². The summed E-state index contributed by atoms with van der Waals surface area (Å²) >= 11 is 1.25. The monoisotopic (exact) mass is 304 g/mol. The summed E-state index contributed by atoms with van der Waals surface area (Å²) in [5.74, 6) is 4.74. The van der Waals surface area contributed by atoms with Gasteiger partial charge in [-0.1, -0.05) is 0 Å². The first kappa shape index (κ1) is 16.0. The van der Waals surface area contributed by atoms with Crippen LogP contribution in [0.4, 0.5) is 0 Å². The molecule has 1 atom stereocenters. The van der Waals surface area contributed by atoms with Gasteiger partial charge in [0.2, 0.25) is 5.91 Å². The van der Waals surface area contributed by atoms with Crippen molar-refractivity contribution in [3.63, 3.8) is 0 Å². The Labute approximate surface area is 116 Å². The molecule has 19 heavy (non-hydrogen) atoms. The number of hydrogen-bond donors (Lipinski definition) is 2. The summed E-state index contributed by atoms with van der Waals surface area (Å²) in [5, 5.41) is -0.487. The number of sulfone groups is 1. The van der Waals surface area contributed by atoms with Gasteiger partial charge in [-0.2, -0.15) is 0 Å². The molecule has 1 aromatic rings. The van der Waals surface area contributed by atoms with Gasteiger partial charge in [-0.25, -0.2) is 14.3 Å². The quantitative estimate of drug-likeness (QED) is 0.337. The van der Waals surface area contributed by atoms with Crippen molar-refractivity contribution in [2.45, 2.75) is 15.0 Å². The molecule has 6 nitrogen and oxygen atoms in total. The van der Waals surface area contributed by atoms with Gasteiger partial charge in [0.25, 0.3) is 0 Å². The molecule has 1 rings (SSSR count). The largest absolute Gasteiger partial charge is 0.383 e. The molecular weight excluding hydrogens is 288 g/mol. The lowest BCUT2D eigenvalue weighted by Gasteiger charge is -2.13. The van der Waals surface area contributed by atoms with Crippen LogP contribution < -0.4 is 11.3 Å². The van der Waals surface area contributed by atoms with E-state index in [0.29, 0.717) is 0 Å². The van der Waals surface area contributed by atoms with E-state index < -0.39 is 15.1 Å². The van der Waals surface area contributed by atoms with E-state index >= 15 is 0 Å². The van der Waals surface area contributed by atoms with Gasteiger partial charge in [0.1, 0.15) is 5.25 Å². The number of thioether (sulfide) groups is 1. The number of benzene rings is 1. The number of nitrogens with two attached hydrogens (primary N) is 1. The Morgan fingerprint density at radius 1 is 1.42 bits per heavy atom. The summed E-state index contributed by atoms with van der Waals surface area (Å²) in [5.41, 5.74) is 2.07. The van der Waals surface area contributed by atoms with Crippen LogP contribution in [0.15, 0.2) is 34.1 Å². The van der Waals surface area contributed by atoms with Crippen molar-refractivity contribution in [3.05, 3.63) is 24.3 Å². The van der Waals surface area contributed by atoms with Crippen LogP contribution in [0.25, 0.3) is 0 Å². The lowest BCUT2D eigenvalue weighted by molar-refractivity contribution is -0.121. The van der Waals surface area contributed by atoms with E-state index in [1.807, 2.05) is 0 Å². The molecule has 0 bridgehead atoms. The molecule has 0 spiro atoms. The molecule has 8 heteroatoms. The van der Waals surface area contributed by atoms with E-state index in [1.165, 1.54) is 31.0 Å². The number of amides is 1. The third kappa shape index (κ3) is 4.83. The van der Waals surface area contributed by atoms with Crippen LogP contribution in [0.1, 0.15) is 0 Å². The van der Waals surface area contributed by atoms with Crippen molar-refractivity contribution in [3.8, 4) is 0 Å². The predicted molar refractivity (Wildman–Crippen MR) is 73.4 cm³/mol. The average molecular weight is 304 g/mol. The van der Waals surface area contributed by atoms with E-state index in [9.17, 15) is 13.2 Å². The molecule has 0 aliphatic carbocycles. The first-order valence-corrected chi connectivity index (χ1v) is 8.11. The maximum Gasteiger partial charge on any atom is 0.249 e. The second-order valence-electron chi connectivity index (χ2n) is 3.81. The lowest BCUT2D eigenvalue weighted by Crippen LogP contribution is -2.39. The van der Waals surface area contributed by atoms with E-state index in [-0.39, 0.29) is 17.4 Å². The molecule has 0 heterocycles. The Hall–Kier alpha value is -1.09. The van der Waals surface area contributed by atoms with Crippen LogP contribution in [0.5, 0.6) is 0 Å². The molecular formula is C11H16N2O4S2. The van der Waals surface area contributed by atoms with Crippen LogP contribution in [0, 0.1) is 0 Å². The summed E-state index contributed by atoms with van der Waals surface area (Å²) in [4.78, 5) is 12.5. The summed E-state index contributed by atoms with van der Waals surface area (Å²) in [7, 11) is -1.72. The number of ether oxygens (including phenoxy) is 1. The Morgan fingerprint density at radius 2 is 2.00 bits per heavy atom. The molecule has 0 saturated heterocycles. The first-order chi connectivity index (χ1) is 8.88. The molecule has 106 valence electrons. The van der Waals surface area contributed by atoms with Crippen LogP contribution in [0.2, 0.25) is 0 Å². The second kappa shape index (κ2) is 6.90. The van der Waals surface area contributed by atoms with Crippen molar-refractivity contribution >= 4 is 27.5 Å². The fraction of sp³-hybridized carbons (Fsp3) is 0.364. The zero-order valence-corrected chi connectivity index (χ0v) is 12.3. The van der Waals surface area contributed by atoms with Crippen LogP contribution in [-0.2, 0) is 19.4 Å². The molecule has 0 aliphatic heterocycles. The van der Waals surface area contributed by atoms with Crippen LogP contribution in [0.3, 0.4) is 0 Å². The van der Waals surface area contributed by atoms with Crippen molar-refractivity contribution in [2.75, 3.05) is 20.0 Å². The van der Waals surface area contributed by atoms with Crippen molar-refractivity contribution in [2.24, 2.45) is 5.84 Å². The highest BCUT2D eigenvalue weighted by atomic mass is 32.2. The Balaban J connectivity index is 2.83. The zero-order valence-electron chi connectivity index (χ0n) is 10.6. The zero-order chi connectivity index (χ0) is 14.5. The third-order valence-electron chi connectivity index (χ3n) is 2.28. The van der Waals surface area contributed by atoms with E-state index in [0.717, 1.165) is 11.2 Å². The highest BCUT2D eigenvalue weighted by Gasteiger charge is 2.19. The van der Waals surface area contributed by atoms with Crippen molar-refractivity contribution in [1.82, 2.24) is 5.43 Å². The van der Waals surface area contributed by atoms with Crippen LogP contribution in [-0.4, -0.2) is 39.5 Å². The summed E-state index contributed by atoms with van der Waals surface area (Å²) in [6, 6.07) is 6.30. The minimum Gasteiger partial charge on any atom is -0.383 e. The summed E-state index contributed by atoms with van der Waals surface area (Å²) < 4.78 is 27.6. The number of carbonyl (C=O) groups is 1. The highest BCUT2D eigenvalue weighted by molar-refractivity contribution is 8.00. The number of rotatable bonds is 6. The van der Waals surface area contributed by atoms with Gasteiger partial charge in [-0.15, -0.1) is 11.8 Å². The van der Waals surface area contributed by atoms with E-state index in [1.54, 1.807) is 12.1 Å². The lowest BCUT2D eigenvalue weighted by atomic mass is 10.4. The molecule has 0 aromatic heterocycles. The maximum absolute atomic E-state index is 11.5. The Kier molecular flexibility index (Phi) is 5.80. The second-order valence-corrected chi connectivity index (χ2v) is 7.11. The minimum absolute atomic E-state index is 0.210. The topological polar surface area (TPSA) is 98.5 Å². The number of methoxy groups -OCH3 is 1. The van der Waals surface area contributed by atoms with Gasteiger partial charge in [0.05, 0.1) is 11.5 Å². The standard InChI is InChI=1S/C11H16N2O4S2/c1-17-7-10(11(14)13-12)18-8-3-5-9(6-4-8)19(2,15)16/h3-6,10H,7,12H2,1-2H3,(H,13,14). The molecule has 1 aromatic carbocycles. The van der Waals surface area contributed by atoms with Gasteiger partial charge < -0.3 is 4.74 Å². The van der Waals surface area contributed by atoms with Crippen LogP contribution >= 0.6 is 11.8 Å². The minimum atomic E-state index is -3.21. The molecule has 0 aliphatic rings. The number of carbonyl (C=O) groups excluding carboxylic acids is 1.